The van der Waals surface area contributed by atoms with E-state index in [9.17, 15) is 4.39 Å². The molecule has 2 N–H and O–H groups in total. The average molecular weight is 437 g/mol. The van der Waals surface area contributed by atoms with Crippen molar-refractivity contribution in [3.05, 3.63) is 35.6 Å². The second-order valence-corrected chi connectivity index (χ2v) is 7.26. The topological polar surface area (TPSA) is 36.4 Å². The van der Waals surface area contributed by atoms with Gasteiger partial charge in [-0.2, -0.15) is 11.8 Å². The normalized spacial score (nSPS) is 21.3. The maximum atomic E-state index is 13.2. The van der Waals surface area contributed by atoms with Gasteiger partial charge in [-0.25, -0.2) is 9.38 Å². The summed E-state index contributed by atoms with van der Waals surface area (Å²) < 4.78 is 13.5. The molecule has 2 rings (SSSR count). The lowest BCUT2D eigenvalue weighted by molar-refractivity contribution is 0.584. The molecule has 1 heterocycles. The first kappa shape index (κ1) is 19.5. The van der Waals surface area contributed by atoms with E-state index in [1.165, 1.54) is 30.7 Å². The Balaban J connectivity index is 0.00000242. The Kier molecular flexibility index (Phi) is 8.53. The van der Waals surface area contributed by atoms with Gasteiger partial charge < -0.3 is 10.6 Å². The van der Waals surface area contributed by atoms with Crippen LogP contribution < -0.4 is 10.6 Å². The van der Waals surface area contributed by atoms with Gasteiger partial charge in [0.25, 0.3) is 0 Å². The third kappa shape index (κ3) is 6.32. The first-order valence-electron chi connectivity index (χ1n) is 7.52. The Bertz CT molecular complexity index is 490. The highest BCUT2D eigenvalue weighted by atomic mass is 127. The van der Waals surface area contributed by atoms with Gasteiger partial charge in [-0.05, 0) is 50.1 Å². The van der Waals surface area contributed by atoms with Crippen molar-refractivity contribution < 1.29 is 4.39 Å². The van der Waals surface area contributed by atoms with Crippen LogP contribution in [-0.2, 0) is 6.54 Å². The minimum Gasteiger partial charge on any atom is -0.357 e. The van der Waals surface area contributed by atoms with Gasteiger partial charge in [0.05, 0.1) is 6.54 Å². The van der Waals surface area contributed by atoms with Gasteiger partial charge in [0.1, 0.15) is 5.82 Å². The van der Waals surface area contributed by atoms with Crippen LogP contribution in [0.3, 0.4) is 0 Å². The van der Waals surface area contributed by atoms with Gasteiger partial charge in [-0.15, -0.1) is 24.0 Å². The Morgan fingerprint density at radius 3 is 2.86 bits per heavy atom. The van der Waals surface area contributed by atoms with E-state index in [0.29, 0.717) is 11.3 Å². The first-order valence-corrected chi connectivity index (χ1v) is 8.50. The highest BCUT2D eigenvalue weighted by Crippen LogP contribution is 2.36. The average Bonchev–Trinajstić information content (AvgIpc) is 2.89. The summed E-state index contributed by atoms with van der Waals surface area (Å²) in [7, 11) is 0. The lowest BCUT2D eigenvalue weighted by Gasteiger charge is -2.24. The molecule has 0 aromatic heterocycles. The Morgan fingerprint density at radius 2 is 2.23 bits per heavy atom. The van der Waals surface area contributed by atoms with Crippen molar-refractivity contribution in [2.45, 2.75) is 38.0 Å². The third-order valence-electron chi connectivity index (χ3n) is 3.58. The predicted octanol–water partition coefficient (Wildman–Crippen LogP) is 3.78. The van der Waals surface area contributed by atoms with E-state index in [1.54, 1.807) is 6.07 Å². The van der Waals surface area contributed by atoms with Gasteiger partial charge in [-0.1, -0.05) is 12.1 Å². The molecule has 1 saturated heterocycles. The van der Waals surface area contributed by atoms with Gasteiger partial charge in [0.15, 0.2) is 5.96 Å². The summed E-state index contributed by atoms with van der Waals surface area (Å²) in [6, 6.07) is 6.59. The molecule has 3 nitrogen and oxygen atoms in total. The fourth-order valence-electron chi connectivity index (χ4n) is 2.39. The standard InChI is InChI=1S/C16H24FN3S.HI/c1-3-18-15(20-12-16(2)8-5-9-21-16)19-11-13-6-4-7-14(17)10-13;/h4,6-7,10H,3,5,8-9,11-12H2,1-2H3,(H2,18,19,20);1H. The molecule has 1 aliphatic heterocycles. The molecule has 0 amide bonds. The SMILES string of the molecule is CCNC(=NCc1cccc(F)c1)NCC1(C)CCCS1.I. The lowest BCUT2D eigenvalue weighted by atomic mass is 10.1. The van der Waals surface area contributed by atoms with Crippen molar-refractivity contribution in [2.24, 2.45) is 4.99 Å². The van der Waals surface area contributed by atoms with Crippen molar-refractivity contribution in [3.8, 4) is 0 Å². The van der Waals surface area contributed by atoms with Gasteiger partial charge in [0, 0.05) is 17.8 Å². The molecule has 1 aliphatic rings. The van der Waals surface area contributed by atoms with Crippen molar-refractivity contribution in [3.63, 3.8) is 0 Å². The van der Waals surface area contributed by atoms with E-state index in [0.717, 1.165) is 24.6 Å². The summed E-state index contributed by atoms with van der Waals surface area (Å²) in [5.41, 5.74) is 0.883. The van der Waals surface area contributed by atoms with E-state index < -0.39 is 0 Å². The van der Waals surface area contributed by atoms with Crippen LogP contribution in [-0.4, -0.2) is 29.5 Å². The summed E-state index contributed by atoms with van der Waals surface area (Å²) in [4.78, 5) is 4.54. The molecule has 1 atom stereocenters. The molecule has 124 valence electrons. The van der Waals surface area contributed by atoms with Gasteiger partial charge in [0.2, 0.25) is 0 Å². The largest absolute Gasteiger partial charge is 0.357 e. The van der Waals surface area contributed by atoms with E-state index in [-0.39, 0.29) is 29.8 Å². The van der Waals surface area contributed by atoms with Crippen LogP contribution in [0.4, 0.5) is 4.39 Å². The summed E-state index contributed by atoms with van der Waals surface area (Å²) >= 11 is 2.03. The number of guanidine groups is 1. The van der Waals surface area contributed by atoms with Crippen LogP contribution in [0.5, 0.6) is 0 Å². The van der Waals surface area contributed by atoms with E-state index in [4.69, 9.17) is 0 Å². The molecular formula is C16H25FIN3S. The number of nitrogens with zero attached hydrogens (tertiary/aromatic N) is 1. The molecule has 0 saturated carbocycles. The molecule has 0 spiro atoms. The number of halogens is 2. The second-order valence-electron chi connectivity index (χ2n) is 5.58. The zero-order valence-electron chi connectivity index (χ0n) is 13.2. The monoisotopic (exact) mass is 437 g/mol. The summed E-state index contributed by atoms with van der Waals surface area (Å²) in [6.07, 6.45) is 2.54. The van der Waals surface area contributed by atoms with Crippen LogP contribution in [0.1, 0.15) is 32.3 Å². The van der Waals surface area contributed by atoms with Gasteiger partial charge in [-0.3, -0.25) is 0 Å². The van der Waals surface area contributed by atoms with Crippen molar-refractivity contribution in [2.75, 3.05) is 18.8 Å². The molecular weight excluding hydrogens is 412 g/mol. The smallest absolute Gasteiger partial charge is 0.191 e. The van der Waals surface area contributed by atoms with Crippen LogP contribution >= 0.6 is 35.7 Å². The number of hydrogen-bond donors (Lipinski definition) is 2. The second kappa shape index (κ2) is 9.60. The number of thioether (sulfide) groups is 1. The summed E-state index contributed by atoms with van der Waals surface area (Å²) in [5.74, 6) is 1.83. The summed E-state index contributed by atoms with van der Waals surface area (Å²) in [6.45, 7) is 6.56. The van der Waals surface area contributed by atoms with E-state index in [1.807, 2.05) is 24.8 Å². The fourth-order valence-corrected chi connectivity index (χ4v) is 3.64. The molecule has 6 heteroatoms. The van der Waals surface area contributed by atoms with Gasteiger partial charge >= 0.3 is 0 Å². The first-order chi connectivity index (χ1) is 10.1. The highest BCUT2D eigenvalue weighted by molar-refractivity contribution is 14.0. The Hall–Kier alpha value is -0.500. The molecule has 0 radical (unpaired) electrons. The molecule has 1 unspecified atom stereocenters. The van der Waals surface area contributed by atoms with E-state index in [2.05, 4.69) is 22.5 Å². The maximum absolute atomic E-state index is 13.2. The third-order valence-corrected chi connectivity index (χ3v) is 5.12. The maximum Gasteiger partial charge on any atom is 0.191 e. The highest BCUT2D eigenvalue weighted by Gasteiger charge is 2.29. The van der Waals surface area contributed by atoms with E-state index >= 15 is 0 Å². The zero-order chi connectivity index (χ0) is 15.1. The molecule has 22 heavy (non-hydrogen) atoms. The lowest BCUT2D eigenvalue weighted by Crippen LogP contribution is -2.43. The van der Waals surface area contributed by atoms with Crippen molar-refractivity contribution in [1.82, 2.24) is 10.6 Å². The number of benzene rings is 1. The molecule has 1 aromatic rings. The number of aliphatic imine (C=N–C) groups is 1. The number of rotatable bonds is 5. The summed E-state index contributed by atoms with van der Waals surface area (Å²) in [5, 5.41) is 6.66. The minimum atomic E-state index is -0.212. The predicted molar refractivity (Wildman–Crippen MR) is 105 cm³/mol. The number of hydrogen-bond acceptors (Lipinski definition) is 2. The zero-order valence-corrected chi connectivity index (χ0v) is 16.3. The van der Waals surface area contributed by atoms with Crippen molar-refractivity contribution >= 4 is 41.7 Å². The van der Waals surface area contributed by atoms with Crippen LogP contribution in [0.15, 0.2) is 29.3 Å². The quantitative estimate of drug-likeness (QED) is 0.418. The fraction of sp³-hybridized carbons (Fsp3) is 0.562. The Morgan fingerprint density at radius 1 is 1.41 bits per heavy atom. The van der Waals surface area contributed by atoms with Crippen LogP contribution in [0.2, 0.25) is 0 Å². The minimum absolute atomic E-state index is 0. The molecule has 1 aromatic carbocycles. The number of nitrogens with one attached hydrogen (secondary N) is 2. The molecule has 0 aliphatic carbocycles. The molecule has 1 fully saturated rings. The van der Waals surface area contributed by atoms with Crippen LogP contribution in [0.25, 0.3) is 0 Å². The molecule has 0 bridgehead atoms. The van der Waals surface area contributed by atoms with Crippen LogP contribution in [0, 0.1) is 5.82 Å². The van der Waals surface area contributed by atoms with Crippen molar-refractivity contribution in [1.29, 1.82) is 0 Å². The Labute approximate surface area is 154 Å².